The summed E-state index contributed by atoms with van der Waals surface area (Å²) in [5.41, 5.74) is 3.03. The van der Waals surface area contributed by atoms with Crippen LogP contribution in [-0.4, -0.2) is 27.2 Å². The fraction of sp³-hybridized carbons (Fsp3) is 0.160. The fourth-order valence-corrected chi connectivity index (χ4v) is 6.18. The van der Waals surface area contributed by atoms with Gasteiger partial charge in [-0.15, -0.1) is 32.9 Å². The molecule has 2 aromatic carbocycles. The number of hydrogen-bond acceptors (Lipinski definition) is 10. The SMILES string of the molecule is COc1cccc(Cc2nnc(N[C@@H](Cc3ccc([N+](=O)[O-])cc3)c3csc(-c4cccs4)n3)s2)c1. The highest BCUT2D eigenvalue weighted by molar-refractivity contribution is 7.20. The van der Waals surface area contributed by atoms with Gasteiger partial charge in [0.1, 0.15) is 15.8 Å². The van der Waals surface area contributed by atoms with Crippen molar-refractivity contribution < 1.29 is 9.66 Å². The number of anilines is 1. The number of nitro benzene ring substituents is 1. The van der Waals surface area contributed by atoms with Crippen molar-refractivity contribution >= 4 is 44.8 Å². The number of benzene rings is 2. The molecule has 0 bridgehead atoms. The Morgan fingerprint density at radius 1 is 1.06 bits per heavy atom. The van der Waals surface area contributed by atoms with Crippen LogP contribution in [0.5, 0.6) is 5.75 Å². The lowest BCUT2D eigenvalue weighted by atomic mass is 10.0. The Labute approximate surface area is 219 Å². The maximum absolute atomic E-state index is 11.0. The summed E-state index contributed by atoms with van der Waals surface area (Å²) >= 11 is 4.75. The molecule has 0 radical (unpaired) electrons. The number of thiazole rings is 1. The third kappa shape index (κ3) is 5.76. The number of ether oxygens (including phenoxy) is 1. The smallest absolute Gasteiger partial charge is 0.269 e. The normalized spacial score (nSPS) is 11.8. The molecule has 0 aliphatic carbocycles. The predicted octanol–water partition coefficient (Wildman–Crippen LogP) is 6.63. The molecule has 36 heavy (non-hydrogen) atoms. The first-order valence-corrected chi connectivity index (χ1v) is 13.6. The van der Waals surface area contributed by atoms with Crippen LogP contribution in [0.3, 0.4) is 0 Å². The zero-order valence-corrected chi connectivity index (χ0v) is 21.6. The summed E-state index contributed by atoms with van der Waals surface area (Å²) in [6.45, 7) is 0. The first kappa shape index (κ1) is 24.0. The van der Waals surface area contributed by atoms with E-state index in [0.29, 0.717) is 18.0 Å². The first-order chi connectivity index (χ1) is 17.6. The highest BCUT2D eigenvalue weighted by atomic mass is 32.1. The second-order valence-corrected chi connectivity index (χ2v) is 10.8. The minimum Gasteiger partial charge on any atom is -0.497 e. The molecule has 3 heterocycles. The maximum atomic E-state index is 11.0. The van der Waals surface area contributed by atoms with Gasteiger partial charge >= 0.3 is 0 Å². The lowest BCUT2D eigenvalue weighted by molar-refractivity contribution is -0.384. The number of hydrogen-bond donors (Lipinski definition) is 1. The monoisotopic (exact) mass is 535 g/mol. The summed E-state index contributed by atoms with van der Waals surface area (Å²) in [5.74, 6) is 0.809. The minimum atomic E-state index is -0.391. The van der Waals surface area contributed by atoms with E-state index in [0.717, 1.165) is 37.5 Å². The standard InChI is InChI=1S/C25H21N5O3S3/c1-33-19-5-2-4-17(12-19)14-23-28-29-25(36-23)27-20(13-16-7-9-18(10-8-16)30(31)32)21-15-35-24(26-21)22-6-3-11-34-22/h2-12,15,20H,13-14H2,1H3,(H,27,29)/t20-/m0/s1. The van der Waals surface area contributed by atoms with Gasteiger partial charge in [0, 0.05) is 23.9 Å². The summed E-state index contributed by atoms with van der Waals surface area (Å²) in [4.78, 5) is 16.7. The van der Waals surface area contributed by atoms with Crippen molar-refractivity contribution in [3.8, 4) is 15.6 Å². The predicted molar refractivity (Wildman–Crippen MR) is 144 cm³/mol. The molecular formula is C25H21N5O3S3. The summed E-state index contributed by atoms with van der Waals surface area (Å²) in [7, 11) is 1.65. The molecule has 1 atom stereocenters. The van der Waals surface area contributed by atoms with Crippen molar-refractivity contribution in [3.05, 3.63) is 103 Å². The van der Waals surface area contributed by atoms with Crippen LogP contribution in [0.25, 0.3) is 9.88 Å². The van der Waals surface area contributed by atoms with Crippen molar-refractivity contribution in [1.29, 1.82) is 0 Å². The number of nitrogens with one attached hydrogen (secondary N) is 1. The molecule has 182 valence electrons. The molecule has 11 heteroatoms. The van der Waals surface area contributed by atoms with Crippen LogP contribution in [0, 0.1) is 10.1 Å². The number of nitro groups is 1. The van der Waals surface area contributed by atoms with Gasteiger partial charge in [0.15, 0.2) is 0 Å². The van der Waals surface area contributed by atoms with Crippen molar-refractivity contribution in [2.24, 2.45) is 0 Å². The molecule has 0 aliphatic rings. The Balaban J connectivity index is 1.37. The van der Waals surface area contributed by atoms with Crippen LogP contribution in [0.1, 0.15) is 27.9 Å². The number of thiophene rings is 1. The van der Waals surface area contributed by atoms with Gasteiger partial charge in [-0.3, -0.25) is 10.1 Å². The fourth-order valence-electron chi connectivity index (χ4n) is 3.67. The van der Waals surface area contributed by atoms with Crippen LogP contribution >= 0.6 is 34.0 Å². The molecule has 0 spiro atoms. The van der Waals surface area contributed by atoms with Gasteiger partial charge in [-0.2, -0.15) is 0 Å². The zero-order chi connectivity index (χ0) is 24.9. The van der Waals surface area contributed by atoms with E-state index in [1.54, 1.807) is 41.9 Å². The average molecular weight is 536 g/mol. The third-order valence-corrected chi connectivity index (χ3v) is 8.21. The largest absolute Gasteiger partial charge is 0.497 e. The Morgan fingerprint density at radius 2 is 1.92 bits per heavy atom. The Bertz CT molecular complexity index is 1450. The van der Waals surface area contributed by atoms with Crippen molar-refractivity contribution in [2.45, 2.75) is 18.9 Å². The Morgan fingerprint density at radius 3 is 2.67 bits per heavy atom. The first-order valence-electron chi connectivity index (χ1n) is 11.0. The van der Waals surface area contributed by atoms with Crippen LogP contribution in [0.15, 0.2) is 71.4 Å². The van der Waals surface area contributed by atoms with E-state index >= 15 is 0 Å². The molecule has 8 nitrogen and oxygen atoms in total. The summed E-state index contributed by atoms with van der Waals surface area (Å²) < 4.78 is 5.32. The molecule has 0 unspecified atom stereocenters. The van der Waals surface area contributed by atoms with Crippen LogP contribution in [0.4, 0.5) is 10.8 Å². The highest BCUT2D eigenvalue weighted by Gasteiger charge is 2.20. The molecule has 0 aliphatic heterocycles. The van der Waals surface area contributed by atoms with Crippen LogP contribution in [-0.2, 0) is 12.8 Å². The van der Waals surface area contributed by atoms with E-state index in [1.807, 2.05) is 35.7 Å². The topological polar surface area (TPSA) is 103 Å². The molecule has 0 fully saturated rings. The Hall–Kier alpha value is -3.67. The van der Waals surface area contributed by atoms with Gasteiger partial charge in [0.05, 0.1) is 28.6 Å². The van der Waals surface area contributed by atoms with E-state index < -0.39 is 4.92 Å². The number of rotatable bonds is 10. The number of aromatic nitrogens is 3. The molecule has 0 saturated carbocycles. The molecule has 5 aromatic rings. The number of methoxy groups -OCH3 is 1. The second kappa shape index (κ2) is 10.9. The summed E-state index contributed by atoms with van der Waals surface area (Å²) in [6.07, 6.45) is 1.25. The highest BCUT2D eigenvalue weighted by Crippen LogP contribution is 2.33. The quantitative estimate of drug-likeness (QED) is 0.158. The number of nitrogens with zero attached hydrogens (tertiary/aromatic N) is 4. The second-order valence-electron chi connectivity index (χ2n) is 7.91. The molecule has 3 aromatic heterocycles. The lowest BCUT2D eigenvalue weighted by Gasteiger charge is -2.16. The molecule has 1 N–H and O–H groups in total. The average Bonchev–Trinajstić information content (AvgIpc) is 3.66. The van der Waals surface area contributed by atoms with Crippen molar-refractivity contribution in [3.63, 3.8) is 0 Å². The molecule has 0 saturated heterocycles. The molecule has 0 amide bonds. The van der Waals surface area contributed by atoms with Crippen molar-refractivity contribution in [2.75, 3.05) is 12.4 Å². The van der Waals surface area contributed by atoms with E-state index in [-0.39, 0.29) is 11.7 Å². The zero-order valence-electron chi connectivity index (χ0n) is 19.2. The summed E-state index contributed by atoms with van der Waals surface area (Å²) in [5, 5.41) is 29.9. The van der Waals surface area contributed by atoms with Gasteiger partial charge in [-0.25, -0.2) is 4.98 Å². The van der Waals surface area contributed by atoms with E-state index in [4.69, 9.17) is 9.72 Å². The van der Waals surface area contributed by atoms with E-state index in [2.05, 4.69) is 27.0 Å². The molecular weight excluding hydrogens is 515 g/mol. The van der Waals surface area contributed by atoms with Gasteiger partial charge in [0.25, 0.3) is 5.69 Å². The summed E-state index contributed by atoms with van der Waals surface area (Å²) in [6, 6.07) is 18.4. The van der Waals surface area contributed by atoms with E-state index in [9.17, 15) is 10.1 Å². The number of non-ortho nitro benzene ring substituents is 1. The third-order valence-electron chi connectivity index (χ3n) is 5.45. The Kier molecular flexibility index (Phi) is 7.31. The van der Waals surface area contributed by atoms with Gasteiger partial charge in [-0.1, -0.05) is 41.7 Å². The molecule has 5 rings (SSSR count). The van der Waals surface area contributed by atoms with E-state index in [1.165, 1.54) is 23.5 Å². The van der Waals surface area contributed by atoms with Gasteiger partial charge < -0.3 is 10.1 Å². The van der Waals surface area contributed by atoms with Gasteiger partial charge in [0.2, 0.25) is 5.13 Å². The van der Waals surface area contributed by atoms with Gasteiger partial charge in [-0.05, 0) is 41.1 Å². The maximum Gasteiger partial charge on any atom is 0.269 e. The lowest BCUT2D eigenvalue weighted by Crippen LogP contribution is -2.14. The van der Waals surface area contributed by atoms with Crippen LogP contribution < -0.4 is 10.1 Å². The van der Waals surface area contributed by atoms with Crippen molar-refractivity contribution in [1.82, 2.24) is 15.2 Å². The van der Waals surface area contributed by atoms with Crippen LogP contribution in [0.2, 0.25) is 0 Å². The minimum absolute atomic E-state index is 0.0724.